The number of benzene rings is 1. The lowest BCUT2D eigenvalue weighted by Crippen LogP contribution is -2.42. The van der Waals surface area contributed by atoms with Gasteiger partial charge in [-0.3, -0.25) is 9.59 Å². The fourth-order valence-corrected chi connectivity index (χ4v) is 1.88. The molecule has 0 aliphatic heterocycles. The number of nitrogens with one attached hydrogen (secondary N) is 1. The molecule has 102 valence electrons. The second-order valence-electron chi connectivity index (χ2n) is 3.59. The summed E-state index contributed by atoms with van der Waals surface area (Å²) in [5, 5.41) is 19.8. The average Bonchev–Trinajstić information content (AvgIpc) is 2.30. The highest BCUT2D eigenvalue weighted by Crippen LogP contribution is 2.21. The van der Waals surface area contributed by atoms with Crippen molar-refractivity contribution in [3.63, 3.8) is 0 Å². The van der Waals surface area contributed by atoms with E-state index in [1.165, 1.54) is 12.1 Å². The summed E-state index contributed by atoms with van der Waals surface area (Å²) in [5.74, 6) is -3.46. The van der Waals surface area contributed by atoms with Gasteiger partial charge in [0, 0.05) is 9.50 Å². The van der Waals surface area contributed by atoms with Gasteiger partial charge >= 0.3 is 11.9 Å². The fourth-order valence-electron chi connectivity index (χ4n) is 1.28. The Kier molecular flexibility index (Phi) is 5.31. The molecule has 0 bridgehead atoms. The van der Waals surface area contributed by atoms with Crippen LogP contribution in [0.15, 0.2) is 22.7 Å². The lowest BCUT2D eigenvalue weighted by molar-refractivity contribution is -0.145. The zero-order chi connectivity index (χ0) is 14.6. The van der Waals surface area contributed by atoms with E-state index in [4.69, 9.17) is 21.8 Å². The second kappa shape index (κ2) is 6.53. The van der Waals surface area contributed by atoms with Crippen LogP contribution in [0.25, 0.3) is 0 Å². The van der Waals surface area contributed by atoms with Crippen molar-refractivity contribution in [2.24, 2.45) is 0 Å². The molecule has 1 aromatic carbocycles. The van der Waals surface area contributed by atoms with E-state index in [1.54, 1.807) is 6.07 Å². The molecule has 0 heterocycles. The maximum Gasteiger partial charge on any atom is 0.326 e. The molecule has 0 unspecified atom stereocenters. The number of hydrogen-bond donors (Lipinski definition) is 3. The molecule has 1 aromatic rings. The number of hydrogen-bond acceptors (Lipinski definition) is 3. The molecular formula is C11H9BrClNO5. The molecule has 1 amide bonds. The molecule has 0 radical (unpaired) electrons. The maximum atomic E-state index is 11.9. The van der Waals surface area contributed by atoms with Crippen LogP contribution in [-0.4, -0.2) is 34.1 Å². The van der Waals surface area contributed by atoms with Gasteiger partial charge in [0.1, 0.15) is 6.04 Å². The molecule has 0 aromatic heterocycles. The monoisotopic (exact) mass is 349 g/mol. The highest BCUT2D eigenvalue weighted by atomic mass is 79.9. The van der Waals surface area contributed by atoms with Crippen molar-refractivity contribution in [2.45, 2.75) is 12.5 Å². The van der Waals surface area contributed by atoms with Crippen molar-refractivity contribution >= 4 is 45.4 Å². The van der Waals surface area contributed by atoms with Crippen LogP contribution in [0.3, 0.4) is 0 Å². The Hall–Kier alpha value is -1.60. The zero-order valence-corrected chi connectivity index (χ0v) is 11.7. The summed E-state index contributed by atoms with van der Waals surface area (Å²) in [7, 11) is 0. The Balaban J connectivity index is 2.90. The molecule has 1 rings (SSSR count). The van der Waals surface area contributed by atoms with E-state index < -0.39 is 30.3 Å². The number of rotatable bonds is 5. The van der Waals surface area contributed by atoms with Crippen LogP contribution in [0.1, 0.15) is 16.8 Å². The Labute approximate surface area is 121 Å². The Morgan fingerprint density at radius 2 is 1.95 bits per heavy atom. The van der Waals surface area contributed by atoms with Crippen molar-refractivity contribution in [3.8, 4) is 0 Å². The lowest BCUT2D eigenvalue weighted by Gasteiger charge is -2.13. The highest BCUT2D eigenvalue weighted by molar-refractivity contribution is 9.10. The van der Waals surface area contributed by atoms with Gasteiger partial charge in [0.2, 0.25) is 0 Å². The quantitative estimate of drug-likeness (QED) is 0.751. The SMILES string of the molecule is O=C(O)C[C@H](NC(=O)c1cc(Cl)ccc1Br)C(=O)O. The summed E-state index contributed by atoms with van der Waals surface area (Å²) in [6.07, 6.45) is -0.709. The number of amides is 1. The maximum absolute atomic E-state index is 11.9. The number of carbonyl (C=O) groups excluding carboxylic acids is 1. The Bertz CT molecular complexity index is 534. The van der Waals surface area contributed by atoms with Crippen LogP contribution in [0.5, 0.6) is 0 Å². The summed E-state index contributed by atoms with van der Waals surface area (Å²) in [6, 6.07) is 2.93. The van der Waals surface area contributed by atoms with Crippen LogP contribution in [0.4, 0.5) is 0 Å². The Morgan fingerprint density at radius 3 is 2.47 bits per heavy atom. The number of carbonyl (C=O) groups is 3. The topological polar surface area (TPSA) is 104 Å². The minimum atomic E-state index is -1.50. The summed E-state index contributed by atoms with van der Waals surface area (Å²) >= 11 is 8.86. The zero-order valence-electron chi connectivity index (χ0n) is 9.39. The number of halogens is 2. The first-order valence-electron chi connectivity index (χ1n) is 5.01. The van der Waals surface area contributed by atoms with Crippen molar-refractivity contribution in [1.82, 2.24) is 5.32 Å². The van der Waals surface area contributed by atoms with E-state index in [1.807, 2.05) is 0 Å². The van der Waals surface area contributed by atoms with Gasteiger partial charge in [-0.15, -0.1) is 0 Å². The van der Waals surface area contributed by atoms with Crippen LogP contribution >= 0.6 is 27.5 Å². The predicted molar refractivity (Wildman–Crippen MR) is 70.3 cm³/mol. The molecule has 1 atom stereocenters. The van der Waals surface area contributed by atoms with Gasteiger partial charge in [-0.1, -0.05) is 11.6 Å². The van der Waals surface area contributed by atoms with Gasteiger partial charge in [0.15, 0.2) is 0 Å². The molecule has 19 heavy (non-hydrogen) atoms. The number of carboxylic acid groups (broad SMARTS) is 2. The van der Waals surface area contributed by atoms with Crippen LogP contribution in [0.2, 0.25) is 5.02 Å². The van der Waals surface area contributed by atoms with Crippen LogP contribution < -0.4 is 5.32 Å². The molecule has 0 spiro atoms. The molecule has 6 nitrogen and oxygen atoms in total. The number of carboxylic acids is 2. The van der Waals surface area contributed by atoms with Crippen molar-refractivity contribution < 1.29 is 24.6 Å². The van der Waals surface area contributed by atoms with Crippen molar-refractivity contribution in [1.29, 1.82) is 0 Å². The highest BCUT2D eigenvalue weighted by Gasteiger charge is 2.24. The first kappa shape index (κ1) is 15.5. The third kappa shape index (κ3) is 4.53. The van der Waals surface area contributed by atoms with E-state index in [9.17, 15) is 14.4 Å². The van der Waals surface area contributed by atoms with E-state index in [-0.39, 0.29) is 5.56 Å². The Morgan fingerprint density at radius 1 is 1.32 bits per heavy atom. The predicted octanol–water partition coefficient (Wildman–Crippen LogP) is 1.76. The third-order valence-electron chi connectivity index (χ3n) is 2.16. The van der Waals surface area contributed by atoms with Gasteiger partial charge in [-0.25, -0.2) is 4.79 Å². The summed E-state index contributed by atoms with van der Waals surface area (Å²) in [5.41, 5.74) is 0.129. The van der Waals surface area contributed by atoms with Gasteiger partial charge in [-0.2, -0.15) is 0 Å². The van der Waals surface area contributed by atoms with E-state index in [2.05, 4.69) is 21.2 Å². The van der Waals surface area contributed by atoms with E-state index >= 15 is 0 Å². The van der Waals surface area contributed by atoms with Crippen molar-refractivity contribution in [3.05, 3.63) is 33.3 Å². The first-order chi connectivity index (χ1) is 8.81. The van der Waals surface area contributed by atoms with Gasteiger partial charge in [-0.05, 0) is 34.1 Å². The number of aliphatic carboxylic acids is 2. The summed E-state index contributed by atoms with van der Waals surface area (Å²) in [6.45, 7) is 0. The second-order valence-corrected chi connectivity index (χ2v) is 4.88. The van der Waals surface area contributed by atoms with Gasteiger partial charge in [0.05, 0.1) is 12.0 Å². The summed E-state index contributed by atoms with van der Waals surface area (Å²) < 4.78 is 0.425. The first-order valence-corrected chi connectivity index (χ1v) is 6.19. The molecule has 0 saturated heterocycles. The average molecular weight is 351 g/mol. The van der Waals surface area contributed by atoms with Crippen LogP contribution in [-0.2, 0) is 9.59 Å². The third-order valence-corrected chi connectivity index (χ3v) is 3.08. The molecule has 0 aliphatic rings. The molecule has 0 aliphatic carbocycles. The largest absolute Gasteiger partial charge is 0.481 e. The minimum absolute atomic E-state index is 0.129. The van der Waals surface area contributed by atoms with Gasteiger partial charge < -0.3 is 15.5 Å². The molecular weight excluding hydrogens is 341 g/mol. The molecule has 8 heteroatoms. The fraction of sp³-hybridized carbons (Fsp3) is 0.182. The van der Waals surface area contributed by atoms with Crippen molar-refractivity contribution in [2.75, 3.05) is 0 Å². The van der Waals surface area contributed by atoms with E-state index in [0.717, 1.165) is 0 Å². The molecule has 0 fully saturated rings. The standard InChI is InChI=1S/C11H9BrClNO5/c12-7-2-1-5(13)3-6(7)10(17)14-8(11(18)19)4-9(15)16/h1-3,8H,4H2,(H,14,17)(H,15,16)(H,18,19)/t8-/m0/s1. The molecule has 3 N–H and O–H groups in total. The lowest BCUT2D eigenvalue weighted by atomic mass is 10.1. The normalized spacial score (nSPS) is 11.7. The van der Waals surface area contributed by atoms with E-state index in [0.29, 0.717) is 9.50 Å². The minimum Gasteiger partial charge on any atom is -0.481 e. The van der Waals surface area contributed by atoms with Gasteiger partial charge in [0.25, 0.3) is 5.91 Å². The van der Waals surface area contributed by atoms with Crippen LogP contribution in [0, 0.1) is 0 Å². The summed E-state index contributed by atoms with van der Waals surface area (Å²) in [4.78, 5) is 33.2. The molecule has 0 saturated carbocycles. The smallest absolute Gasteiger partial charge is 0.326 e.